The molecule has 2 amide bonds. The Balaban J connectivity index is 1.36. The summed E-state index contributed by atoms with van der Waals surface area (Å²) in [6.07, 6.45) is 15.3. The Morgan fingerprint density at radius 3 is 2.36 bits per heavy atom. The highest BCUT2D eigenvalue weighted by molar-refractivity contribution is 6.03. The first-order valence-corrected chi connectivity index (χ1v) is 23.9. The minimum absolute atomic E-state index is 0.0402. The van der Waals surface area contributed by atoms with Crippen molar-refractivity contribution in [3.8, 4) is 11.5 Å². The molecule has 3 N–H and O–H groups in total. The average molecular weight is 876 g/mol. The molecule has 1 aliphatic heterocycles. The number of oxime groups is 1. The van der Waals surface area contributed by atoms with Crippen LogP contribution < -0.4 is 14.8 Å². The van der Waals surface area contributed by atoms with Gasteiger partial charge in [-0.2, -0.15) is 0 Å². The minimum Gasteiger partial charge on any atom is -0.459 e. The van der Waals surface area contributed by atoms with E-state index < -0.39 is 23.8 Å². The van der Waals surface area contributed by atoms with Gasteiger partial charge >= 0.3 is 6.09 Å². The van der Waals surface area contributed by atoms with Gasteiger partial charge in [-0.3, -0.25) is 4.79 Å². The lowest BCUT2D eigenvalue weighted by molar-refractivity contribution is -0.257. The summed E-state index contributed by atoms with van der Waals surface area (Å²) < 4.78 is 20.5. The molecule has 11 heteroatoms. The van der Waals surface area contributed by atoms with E-state index in [0.717, 1.165) is 66.5 Å². The first-order chi connectivity index (χ1) is 31.4. The molecule has 1 heterocycles. The highest BCUT2D eigenvalue weighted by Crippen LogP contribution is 2.62. The number of carbonyl (C=O) groups excluding carboxylic acids is 2. The number of aliphatic hydroxyl groups is 2. The van der Waals surface area contributed by atoms with Crippen molar-refractivity contribution in [2.24, 2.45) is 28.8 Å². The fourth-order valence-electron chi connectivity index (χ4n) is 10.8. The molecule has 0 unspecified atom stereocenters. The van der Waals surface area contributed by atoms with Crippen LogP contribution >= 0.6 is 0 Å². The maximum absolute atomic E-state index is 14.8. The number of carbonyl (C=O) groups is 2. The van der Waals surface area contributed by atoms with Gasteiger partial charge in [0.05, 0.1) is 18.2 Å². The maximum atomic E-state index is 14.8. The van der Waals surface area contributed by atoms with Crippen LogP contribution in [0.2, 0.25) is 0 Å². The third-order valence-corrected chi connectivity index (χ3v) is 13.8. The van der Waals surface area contributed by atoms with E-state index in [9.17, 15) is 19.8 Å². The number of ether oxygens (including phenoxy) is 3. The van der Waals surface area contributed by atoms with Crippen LogP contribution in [-0.4, -0.2) is 71.0 Å². The van der Waals surface area contributed by atoms with Crippen molar-refractivity contribution >= 4 is 17.7 Å². The van der Waals surface area contributed by atoms with E-state index in [2.05, 4.69) is 24.9 Å². The molecule has 0 saturated heterocycles. The molecule has 7 rings (SSSR count). The Morgan fingerprint density at radius 1 is 0.938 bits per heavy atom. The number of allylic oxidation sites excluding steroid dienone is 1. The Bertz CT molecular complexity index is 2040. The molecule has 0 radical (unpaired) electrons. The van der Waals surface area contributed by atoms with Gasteiger partial charge in [0.2, 0.25) is 11.7 Å². The monoisotopic (exact) mass is 876 g/mol. The lowest BCUT2D eigenvalue weighted by Crippen LogP contribution is -2.70. The number of aliphatic hydroxyl groups excluding tert-OH is 2. The molecular formula is C53H69N3O8. The summed E-state index contributed by atoms with van der Waals surface area (Å²) >= 11 is 0. The topological polar surface area (TPSA) is 139 Å². The second-order valence-corrected chi connectivity index (χ2v) is 18.0. The number of nitrogens with one attached hydrogen (secondary N) is 1. The molecule has 2 saturated carbocycles. The zero-order chi connectivity index (χ0) is 44.7. The molecule has 3 aromatic rings. The summed E-state index contributed by atoms with van der Waals surface area (Å²) in [4.78, 5) is 36.4. The second kappa shape index (κ2) is 23.3. The van der Waals surface area contributed by atoms with Crippen LogP contribution in [0.1, 0.15) is 119 Å². The summed E-state index contributed by atoms with van der Waals surface area (Å²) in [6.45, 7) is 7.68. The number of unbranched alkanes of at least 4 members (excludes halogenated alkanes) is 2. The van der Waals surface area contributed by atoms with Gasteiger partial charge in [-0.05, 0) is 91.2 Å². The van der Waals surface area contributed by atoms with Crippen molar-refractivity contribution in [2.75, 3.05) is 26.4 Å². The number of hydrogen-bond donors (Lipinski definition) is 3. The van der Waals surface area contributed by atoms with Crippen LogP contribution in [-0.2, 0) is 27.5 Å². The van der Waals surface area contributed by atoms with Crippen LogP contribution in [0.15, 0.2) is 108 Å². The Morgan fingerprint density at radius 2 is 1.66 bits per heavy atom. The predicted molar refractivity (Wildman–Crippen MR) is 249 cm³/mol. The average Bonchev–Trinajstić information content (AvgIpc) is 3.85. The van der Waals surface area contributed by atoms with Crippen molar-refractivity contribution < 1.29 is 38.9 Å². The fourth-order valence-corrected chi connectivity index (χ4v) is 10.8. The molecule has 4 aliphatic rings. The van der Waals surface area contributed by atoms with Gasteiger partial charge in [0.1, 0.15) is 24.1 Å². The Labute approximate surface area is 379 Å². The largest absolute Gasteiger partial charge is 0.459 e. The summed E-state index contributed by atoms with van der Waals surface area (Å²) in [6, 6.07) is 24.7. The van der Waals surface area contributed by atoms with Crippen LogP contribution in [0.25, 0.3) is 0 Å². The normalized spacial score (nSPS) is 24.2. The number of fused-ring (bicyclic) bond motifs is 2. The quantitative estimate of drug-likeness (QED) is 0.0486. The zero-order valence-corrected chi connectivity index (χ0v) is 37.7. The summed E-state index contributed by atoms with van der Waals surface area (Å²) in [5, 5.41) is 27.8. The van der Waals surface area contributed by atoms with Crippen molar-refractivity contribution in [2.45, 2.75) is 128 Å². The highest BCUT2D eigenvalue weighted by Gasteiger charge is 2.65. The molecule has 0 aromatic heterocycles. The number of hydrogen-bond acceptors (Lipinski definition) is 9. The van der Waals surface area contributed by atoms with Gasteiger partial charge in [-0.25, -0.2) is 4.79 Å². The highest BCUT2D eigenvalue weighted by atomic mass is 16.7. The Kier molecular flexibility index (Phi) is 17.1. The van der Waals surface area contributed by atoms with E-state index >= 15 is 0 Å². The van der Waals surface area contributed by atoms with Crippen molar-refractivity contribution in [1.82, 2.24) is 10.2 Å². The summed E-state index contributed by atoms with van der Waals surface area (Å²) in [7, 11) is 0. The van der Waals surface area contributed by atoms with Crippen molar-refractivity contribution in [1.29, 1.82) is 0 Å². The molecule has 0 spiro atoms. The molecule has 3 aromatic carbocycles. The van der Waals surface area contributed by atoms with Gasteiger partial charge in [-0.1, -0.05) is 123 Å². The first-order valence-electron chi connectivity index (χ1n) is 23.9. The van der Waals surface area contributed by atoms with Gasteiger partial charge in [0.15, 0.2) is 0 Å². The zero-order valence-electron chi connectivity index (χ0n) is 37.7. The fraction of sp³-hybridized carbons (Fsp3) is 0.528. The number of nitrogens with zero attached hydrogens (tertiary/aromatic N) is 2. The van der Waals surface area contributed by atoms with E-state index in [4.69, 9.17) is 24.2 Å². The van der Waals surface area contributed by atoms with Crippen LogP contribution in [0.5, 0.6) is 11.5 Å². The lowest BCUT2D eigenvalue weighted by atomic mass is 9.55. The van der Waals surface area contributed by atoms with Gasteiger partial charge in [-0.15, -0.1) is 6.58 Å². The molecule has 11 nitrogen and oxygen atoms in total. The van der Waals surface area contributed by atoms with Crippen LogP contribution in [0.3, 0.4) is 0 Å². The number of amides is 2. The third-order valence-electron chi connectivity index (χ3n) is 13.8. The molecule has 344 valence electrons. The number of rotatable bonds is 23. The predicted octanol–water partition coefficient (Wildman–Crippen LogP) is 10.0. The number of benzene rings is 3. The van der Waals surface area contributed by atoms with E-state index in [0.29, 0.717) is 56.2 Å². The standard InChI is InChI=1S/C53H69N3O8/c1-3-29-56(49(59)28-25-38-17-11-12-18-38)48-35-46(55-62-37-40-21-9-6-10-22-40)44-33-41(23-13-15-30-57)43(24-14-16-31-58)50-45-34-42(63-52(60)54-36-39-19-7-5-8-20-39)26-27-47(45)64-53(48,51(44)50)61-32-4-2/h4-10,19-22,26-27,33-34,38,41,43,48,50-51,57-58H,2-3,11-18,23-25,28-32,35-37H2,1H3,(H,54,60)/t41-,43+,48-,50+,51+,53+/m0/s1. The van der Waals surface area contributed by atoms with E-state index in [1.165, 1.54) is 25.7 Å². The van der Waals surface area contributed by atoms with E-state index in [-0.39, 0.29) is 50.1 Å². The van der Waals surface area contributed by atoms with E-state index in [1.807, 2.05) is 77.7 Å². The summed E-state index contributed by atoms with van der Waals surface area (Å²) in [5.41, 5.74) is 4.58. The van der Waals surface area contributed by atoms with Crippen LogP contribution in [0, 0.1) is 23.7 Å². The first kappa shape index (κ1) is 47.0. The summed E-state index contributed by atoms with van der Waals surface area (Å²) in [5.74, 6) is -0.265. The van der Waals surface area contributed by atoms with E-state index in [1.54, 1.807) is 12.1 Å². The third kappa shape index (κ3) is 11.3. The van der Waals surface area contributed by atoms with Gasteiger partial charge in [0.25, 0.3) is 0 Å². The minimum atomic E-state index is -1.34. The van der Waals surface area contributed by atoms with Crippen molar-refractivity contribution in [3.05, 3.63) is 120 Å². The molecule has 0 bridgehead atoms. The molecule has 3 aliphatic carbocycles. The van der Waals surface area contributed by atoms with Crippen molar-refractivity contribution in [3.63, 3.8) is 0 Å². The molecular weight excluding hydrogens is 807 g/mol. The second-order valence-electron chi connectivity index (χ2n) is 18.0. The van der Waals surface area contributed by atoms with Crippen LogP contribution in [0.4, 0.5) is 4.79 Å². The lowest BCUT2D eigenvalue weighted by Gasteiger charge is -2.60. The molecule has 64 heavy (non-hydrogen) atoms. The van der Waals surface area contributed by atoms with Gasteiger partial charge in [0, 0.05) is 50.6 Å². The SMILES string of the molecule is C=CCO[C@@]12Oc3ccc(OC(=O)NCc4ccccc4)cc3[C@H]3[C@H](CCCCO)[C@@H](CCCCO)C=C(C(=NOCc4ccccc4)C[C@@H]1N(CCC)C(=O)CCC1CCCC1)[C@H]32. The Hall–Kier alpha value is -4.97. The molecule has 2 fully saturated rings. The molecule has 6 atom stereocenters. The smallest absolute Gasteiger partial charge is 0.412 e. The maximum Gasteiger partial charge on any atom is 0.412 e. The van der Waals surface area contributed by atoms with Gasteiger partial charge < -0.3 is 39.5 Å².